The SMILES string of the molecule is [O-]/[N+](=C\C=C\c1cccc(Cl)c1)c1ccccc1. The monoisotopic (exact) mass is 257 g/mol. The molecule has 0 aliphatic rings. The lowest BCUT2D eigenvalue weighted by Gasteiger charge is -2.00. The number of rotatable bonds is 3. The molecule has 2 rings (SSSR count). The van der Waals surface area contributed by atoms with E-state index in [1.807, 2.05) is 48.5 Å². The second-order valence-electron chi connectivity index (χ2n) is 3.72. The Morgan fingerprint density at radius 3 is 2.50 bits per heavy atom. The zero-order valence-corrected chi connectivity index (χ0v) is 10.4. The maximum absolute atomic E-state index is 11.7. The molecular weight excluding hydrogens is 246 g/mol. The third kappa shape index (κ3) is 3.47. The van der Waals surface area contributed by atoms with Crippen LogP contribution in [0, 0.1) is 5.21 Å². The number of benzene rings is 2. The van der Waals surface area contributed by atoms with Crippen LogP contribution in [-0.2, 0) is 0 Å². The van der Waals surface area contributed by atoms with E-state index in [4.69, 9.17) is 11.6 Å². The molecule has 0 aliphatic carbocycles. The van der Waals surface area contributed by atoms with E-state index >= 15 is 0 Å². The van der Waals surface area contributed by atoms with E-state index in [2.05, 4.69) is 0 Å². The molecule has 0 aliphatic heterocycles. The second kappa shape index (κ2) is 6.03. The Kier molecular flexibility index (Phi) is 4.15. The predicted molar refractivity (Wildman–Crippen MR) is 76.3 cm³/mol. The van der Waals surface area contributed by atoms with Crippen LogP contribution < -0.4 is 0 Å². The molecular formula is C15H12ClNO. The first-order chi connectivity index (χ1) is 8.75. The summed E-state index contributed by atoms with van der Waals surface area (Å²) in [5.41, 5.74) is 1.56. The molecule has 0 aromatic heterocycles. The van der Waals surface area contributed by atoms with Crippen molar-refractivity contribution in [2.45, 2.75) is 0 Å². The summed E-state index contributed by atoms with van der Waals surface area (Å²) in [5.74, 6) is 0. The van der Waals surface area contributed by atoms with Crippen LogP contribution in [-0.4, -0.2) is 11.0 Å². The molecule has 0 atom stereocenters. The van der Waals surface area contributed by atoms with Gasteiger partial charge in [-0.1, -0.05) is 41.9 Å². The lowest BCUT2D eigenvalue weighted by atomic mass is 10.2. The third-order valence-electron chi connectivity index (χ3n) is 2.37. The molecule has 90 valence electrons. The van der Waals surface area contributed by atoms with E-state index in [1.54, 1.807) is 18.2 Å². The minimum atomic E-state index is 0.605. The zero-order valence-electron chi connectivity index (χ0n) is 9.66. The summed E-state index contributed by atoms with van der Waals surface area (Å²) in [5, 5.41) is 12.4. The van der Waals surface area contributed by atoms with E-state index < -0.39 is 0 Å². The standard InChI is InChI=1S/C15H12ClNO/c16-14-8-4-6-13(12-14)7-5-11-17(18)15-9-2-1-3-10-15/h1-12H/b7-5+,17-11-. The highest BCUT2D eigenvalue weighted by Crippen LogP contribution is 2.12. The Bertz CT molecular complexity index is 576. The first-order valence-corrected chi connectivity index (χ1v) is 5.92. The van der Waals surface area contributed by atoms with Gasteiger partial charge in [0.15, 0.2) is 6.21 Å². The third-order valence-corrected chi connectivity index (χ3v) is 2.60. The minimum absolute atomic E-state index is 0.605. The van der Waals surface area contributed by atoms with E-state index in [9.17, 15) is 5.21 Å². The molecule has 3 heteroatoms. The number of halogens is 1. The highest BCUT2D eigenvalue weighted by Gasteiger charge is 1.95. The van der Waals surface area contributed by atoms with Gasteiger partial charge in [0.25, 0.3) is 0 Å². The maximum atomic E-state index is 11.7. The van der Waals surface area contributed by atoms with Gasteiger partial charge in [0.2, 0.25) is 5.69 Å². The predicted octanol–water partition coefficient (Wildman–Crippen LogP) is 4.27. The van der Waals surface area contributed by atoms with Crippen molar-refractivity contribution >= 4 is 29.6 Å². The van der Waals surface area contributed by atoms with Gasteiger partial charge in [0.05, 0.1) is 0 Å². The number of hydrogen-bond donors (Lipinski definition) is 0. The van der Waals surface area contributed by atoms with Gasteiger partial charge in [0, 0.05) is 23.2 Å². The van der Waals surface area contributed by atoms with Gasteiger partial charge >= 0.3 is 0 Å². The van der Waals surface area contributed by atoms with Gasteiger partial charge in [-0.2, -0.15) is 4.74 Å². The van der Waals surface area contributed by atoms with Crippen LogP contribution in [0.2, 0.25) is 5.02 Å². The molecule has 0 spiro atoms. The molecule has 0 N–H and O–H groups in total. The summed E-state index contributed by atoms with van der Waals surface area (Å²) in [6.07, 6.45) is 5.00. The van der Waals surface area contributed by atoms with Crippen molar-refractivity contribution in [3.05, 3.63) is 76.5 Å². The maximum Gasteiger partial charge on any atom is 0.216 e. The summed E-state index contributed by atoms with van der Waals surface area (Å²) < 4.78 is 0.820. The fourth-order valence-corrected chi connectivity index (χ4v) is 1.70. The van der Waals surface area contributed by atoms with E-state index in [0.29, 0.717) is 10.7 Å². The summed E-state index contributed by atoms with van der Waals surface area (Å²) >= 11 is 5.87. The highest BCUT2D eigenvalue weighted by molar-refractivity contribution is 6.30. The van der Waals surface area contributed by atoms with Crippen LogP contribution in [0.25, 0.3) is 6.08 Å². The van der Waals surface area contributed by atoms with Crippen molar-refractivity contribution < 1.29 is 4.74 Å². The highest BCUT2D eigenvalue weighted by atomic mass is 35.5. The van der Waals surface area contributed by atoms with Gasteiger partial charge in [0.1, 0.15) is 0 Å². The fraction of sp³-hybridized carbons (Fsp3) is 0. The van der Waals surface area contributed by atoms with Crippen LogP contribution in [0.3, 0.4) is 0 Å². The van der Waals surface area contributed by atoms with Gasteiger partial charge in [-0.25, -0.2) is 0 Å². The van der Waals surface area contributed by atoms with Crippen LogP contribution in [0.5, 0.6) is 0 Å². The van der Waals surface area contributed by atoms with Crippen LogP contribution in [0.15, 0.2) is 60.7 Å². The Balaban J connectivity index is 2.11. The van der Waals surface area contributed by atoms with Crippen molar-refractivity contribution in [3.63, 3.8) is 0 Å². The lowest BCUT2D eigenvalue weighted by Crippen LogP contribution is -1.94. The molecule has 2 aromatic rings. The number of para-hydroxylation sites is 1. The van der Waals surface area contributed by atoms with Crippen LogP contribution >= 0.6 is 11.6 Å². The molecule has 2 aromatic carbocycles. The molecule has 0 saturated heterocycles. The topological polar surface area (TPSA) is 26.1 Å². The van der Waals surface area contributed by atoms with Crippen LogP contribution in [0.1, 0.15) is 5.56 Å². The fourth-order valence-electron chi connectivity index (χ4n) is 1.50. The molecule has 0 saturated carbocycles. The number of nitrogens with zero attached hydrogens (tertiary/aromatic N) is 1. The van der Waals surface area contributed by atoms with Crippen molar-refractivity contribution in [1.82, 2.24) is 0 Å². The lowest BCUT2D eigenvalue weighted by molar-refractivity contribution is -0.354. The zero-order chi connectivity index (χ0) is 12.8. The van der Waals surface area contributed by atoms with Gasteiger partial charge in [-0.3, -0.25) is 0 Å². The van der Waals surface area contributed by atoms with Crippen molar-refractivity contribution in [1.29, 1.82) is 0 Å². The quantitative estimate of drug-likeness (QED) is 0.349. The molecule has 18 heavy (non-hydrogen) atoms. The van der Waals surface area contributed by atoms with E-state index in [1.165, 1.54) is 6.21 Å². The Morgan fingerprint density at radius 2 is 1.78 bits per heavy atom. The number of hydrogen-bond acceptors (Lipinski definition) is 1. The Labute approximate surface area is 111 Å². The minimum Gasteiger partial charge on any atom is -0.618 e. The van der Waals surface area contributed by atoms with E-state index in [0.717, 1.165) is 10.3 Å². The molecule has 2 nitrogen and oxygen atoms in total. The average Bonchev–Trinajstić information content (AvgIpc) is 2.40. The van der Waals surface area contributed by atoms with Crippen molar-refractivity contribution in [2.24, 2.45) is 0 Å². The Morgan fingerprint density at radius 1 is 1.00 bits per heavy atom. The molecule has 0 radical (unpaired) electrons. The molecule has 0 fully saturated rings. The molecule has 0 bridgehead atoms. The van der Waals surface area contributed by atoms with Crippen molar-refractivity contribution in [3.8, 4) is 0 Å². The summed E-state index contributed by atoms with van der Waals surface area (Å²) in [6, 6.07) is 16.5. The largest absolute Gasteiger partial charge is 0.618 e. The summed E-state index contributed by atoms with van der Waals surface area (Å²) in [6.45, 7) is 0. The van der Waals surface area contributed by atoms with Gasteiger partial charge in [-0.15, -0.1) is 0 Å². The smallest absolute Gasteiger partial charge is 0.216 e. The van der Waals surface area contributed by atoms with Crippen molar-refractivity contribution in [2.75, 3.05) is 0 Å². The van der Waals surface area contributed by atoms with E-state index in [-0.39, 0.29) is 0 Å². The Hall–Kier alpha value is -2.06. The molecule has 0 heterocycles. The van der Waals surface area contributed by atoms with Gasteiger partial charge < -0.3 is 5.21 Å². The summed E-state index contributed by atoms with van der Waals surface area (Å²) in [4.78, 5) is 0. The van der Waals surface area contributed by atoms with Crippen LogP contribution in [0.4, 0.5) is 5.69 Å². The second-order valence-corrected chi connectivity index (χ2v) is 4.16. The molecule has 0 unspecified atom stereocenters. The average molecular weight is 258 g/mol. The first kappa shape index (κ1) is 12.4. The molecule has 0 amide bonds. The first-order valence-electron chi connectivity index (χ1n) is 5.54. The summed E-state index contributed by atoms with van der Waals surface area (Å²) in [7, 11) is 0. The number of allylic oxidation sites excluding steroid dienone is 1. The van der Waals surface area contributed by atoms with Gasteiger partial charge in [-0.05, 0) is 23.8 Å². The normalized spacial score (nSPS) is 11.9.